The molecule has 0 bridgehead atoms. The summed E-state index contributed by atoms with van der Waals surface area (Å²) in [5.41, 5.74) is 0.733. The minimum Gasteiger partial charge on any atom is -0.497 e. The van der Waals surface area contributed by atoms with Crippen LogP contribution in [-0.2, 0) is 15.0 Å². The lowest BCUT2D eigenvalue weighted by Crippen LogP contribution is -2.58. The van der Waals surface area contributed by atoms with Gasteiger partial charge in [-0.25, -0.2) is 0 Å². The van der Waals surface area contributed by atoms with E-state index in [1.165, 1.54) is 0 Å². The fourth-order valence-corrected chi connectivity index (χ4v) is 4.93. The molecule has 0 spiro atoms. The number of hydrogen-bond acceptors (Lipinski definition) is 3. The summed E-state index contributed by atoms with van der Waals surface area (Å²) in [5, 5.41) is 0. The summed E-state index contributed by atoms with van der Waals surface area (Å²) in [4.78, 5) is 27.8. The molecule has 2 amide bonds. The van der Waals surface area contributed by atoms with Crippen LogP contribution in [0.2, 0.25) is 0 Å². The maximum Gasteiger partial charge on any atom is 0.233 e. The van der Waals surface area contributed by atoms with Crippen molar-refractivity contribution < 1.29 is 14.3 Å². The van der Waals surface area contributed by atoms with Gasteiger partial charge in [0.2, 0.25) is 11.8 Å². The summed E-state index contributed by atoms with van der Waals surface area (Å²) in [7, 11) is 1.66. The van der Waals surface area contributed by atoms with Gasteiger partial charge in [-0.05, 0) is 61.6 Å². The average molecular weight is 341 g/mol. The van der Waals surface area contributed by atoms with Crippen LogP contribution in [0.1, 0.15) is 51.0 Å². The number of rotatable bonds is 4. The third-order valence-corrected chi connectivity index (χ3v) is 6.44. The highest BCUT2D eigenvalue weighted by atomic mass is 16.5. The zero-order valence-electron chi connectivity index (χ0n) is 15.2. The quantitative estimate of drug-likeness (QED) is 0.787. The van der Waals surface area contributed by atoms with E-state index in [-0.39, 0.29) is 23.1 Å². The number of piperidine rings is 1. The molecule has 4 heteroatoms. The maximum absolute atomic E-state index is 13.2. The van der Waals surface area contributed by atoms with E-state index < -0.39 is 0 Å². The summed E-state index contributed by atoms with van der Waals surface area (Å²) in [6.07, 6.45) is 5.60. The van der Waals surface area contributed by atoms with E-state index in [9.17, 15) is 9.59 Å². The van der Waals surface area contributed by atoms with E-state index in [1.807, 2.05) is 18.2 Å². The summed E-state index contributed by atoms with van der Waals surface area (Å²) < 4.78 is 5.40. The summed E-state index contributed by atoms with van der Waals surface area (Å²) in [5.74, 6) is 1.87. The van der Waals surface area contributed by atoms with Crippen LogP contribution in [0.15, 0.2) is 24.3 Å². The molecular weight excluding hydrogens is 314 g/mol. The van der Waals surface area contributed by atoms with Gasteiger partial charge < -0.3 is 4.74 Å². The Morgan fingerprint density at radius 3 is 2.72 bits per heavy atom. The number of methoxy groups -OCH3 is 1. The molecule has 0 N–H and O–H groups in total. The fraction of sp³-hybridized carbons (Fsp3) is 0.619. The number of benzene rings is 1. The number of hydrogen-bond donors (Lipinski definition) is 0. The van der Waals surface area contributed by atoms with Crippen LogP contribution in [0.25, 0.3) is 0 Å². The molecule has 1 aromatic rings. The molecule has 3 aliphatic rings. The van der Waals surface area contributed by atoms with Gasteiger partial charge in [0.25, 0.3) is 0 Å². The molecule has 3 unspecified atom stereocenters. The van der Waals surface area contributed by atoms with E-state index >= 15 is 0 Å². The molecule has 1 heterocycles. The van der Waals surface area contributed by atoms with Crippen molar-refractivity contribution in [2.24, 2.45) is 17.8 Å². The van der Waals surface area contributed by atoms with Crippen molar-refractivity contribution in [3.8, 4) is 5.75 Å². The molecule has 2 aliphatic carbocycles. The Balaban J connectivity index is 1.73. The molecule has 1 saturated heterocycles. The van der Waals surface area contributed by atoms with Crippen molar-refractivity contribution >= 4 is 11.8 Å². The minimum absolute atomic E-state index is 0.0186. The van der Waals surface area contributed by atoms with Crippen LogP contribution in [0, 0.1) is 17.8 Å². The lowest BCUT2D eigenvalue weighted by atomic mass is 9.56. The van der Waals surface area contributed by atoms with Gasteiger partial charge in [0.05, 0.1) is 7.11 Å². The van der Waals surface area contributed by atoms with Gasteiger partial charge in [-0.3, -0.25) is 14.5 Å². The zero-order valence-corrected chi connectivity index (χ0v) is 15.2. The van der Waals surface area contributed by atoms with Crippen molar-refractivity contribution in [1.82, 2.24) is 4.90 Å². The number of nitrogens with zero attached hydrogens (tertiary/aromatic N) is 1. The number of likely N-dealkylation sites (tertiary alicyclic amines) is 1. The van der Waals surface area contributed by atoms with Gasteiger partial charge in [-0.1, -0.05) is 19.1 Å². The Hall–Kier alpha value is -1.84. The van der Waals surface area contributed by atoms with Gasteiger partial charge >= 0.3 is 0 Å². The van der Waals surface area contributed by atoms with Crippen molar-refractivity contribution in [2.45, 2.75) is 50.9 Å². The summed E-state index contributed by atoms with van der Waals surface area (Å²) >= 11 is 0. The molecule has 1 aliphatic heterocycles. The molecule has 4 nitrogen and oxygen atoms in total. The average Bonchev–Trinajstić information content (AvgIpc) is 3.42. The smallest absolute Gasteiger partial charge is 0.233 e. The predicted molar refractivity (Wildman–Crippen MR) is 95.2 cm³/mol. The minimum atomic E-state index is -0.361. The van der Waals surface area contributed by atoms with E-state index in [1.54, 1.807) is 12.0 Å². The molecule has 1 aromatic carbocycles. The second-order valence-electron chi connectivity index (χ2n) is 8.29. The highest BCUT2D eigenvalue weighted by molar-refractivity contribution is 6.01. The molecule has 2 saturated carbocycles. The Labute approximate surface area is 149 Å². The first-order chi connectivity index (χ1) is 12.0. The number of carbonyl (C=O) groups is 2. The highest BCUT2D eigenvalue weighted by Gasteiger charge is 2.55. The highest BCUT2D eigenvalue weighted by Crippen LogP contribution is 2.52. The Bertz CT molecular complexity index is 696. The van der Waals surface area contributed by atoms with Gasteiger partial charge in [0, 0.05) is 24.3 Å². The largest absolute Gasteiger partial charge is 0.497 e. The van der Waals surface area contributed by atoms with Crippen molar-refractivity contribution in [3.63, 3.8) is 0 Å². The molecule has 4 rings (SSSR count). The predicted octanol–water partition coefficient (Wildman–Crippen LogP) is 3.54. The Kier molecular flexibility index (Phi) is 4.09. The first-order valence-electron chi connectivity index (χ1n) is 9.52. The van der Waals surface area contributed by atoms with Crippen molar-refractivity contribution in [3.05, 3.63) is 29.8 Å². The van der Waals surface area contributed by atoms with Gasteiger partial charge in [-0.15, -0.1) is 0 Å². The first-order valence-corrected chi connectivity index (χ1v) is 9.52. The summed E-state index contributed by atoms with van der Waals surface area (Å²) in [6.45, 7) is 2.88. The SMILES string of the molecule is COc1cccc(C23CC(=O)N(CC4CC4)C(=O)C2CCC(C)C3)c1. The third-order valence-electron chi connectivity index (χ3n) is 6.44. The zero-order chi connectivity index (χ0) is 17.6. The third kappa shape index (κ3) is 2.86. The number of carbonyl (C=O) groups excluding carboxylic acids is 2. The van der Waals surface area contributed by atoms with Crippen LogP contribution in [0.3, 0.4) is 0 Å². The fourth-order valence-electron chi connectivity index (χ4n) is 4.93. The maximum atomic E-state index is 13.2. The van der Waals surface area contributed by atoms with Crippen LogP contribution >= 0.6 is 0 Å². The first kappa shape index (κ1) is 16.6. The normalized spacial score (nSPS) is 32.5. The number of imide groups is 1. The van der Waals surface area contributed by atoms with Crippen LogP contribution in [0.4, 0.5) is 0 Å². The molecule has 0 aromatic heterocycles. The molecule has 0 radical (unpaired) electrons. The van der Waals surface area contributed by atoms with Crippen molar-refractivity contribution in [1.29, 1.82) is 0 Å². The van der Waals surface area contributed by atoms with Crippen molar-refractivity contribution in [2.75, 3.05) is 13.7 Å². The topological polar surface area (TPSA) is 46.6 Å². The molecule has 134 valence electrons. The van der Waals surface area contributed by atoms with E-state index in [2.05, 4.69) is 13.0 Å². The number of fused-ring (bicyclic) bond motifs is 1. The van der Waals surface area contributed by atoms with E-state index in [0.717, 1.165) is 43.4 Å². The summed E-state index contributed by atoms with van der Waals surface area (Å²) in [6, 6.07) is 8.00. The van der Waals surface area contributed by atoms with Gasteiger partial charge in [0.15, 0.2) is 0 Å². The second kappa shape index (κ2) is 6.15. The van der Waals surface area contributed by atoms with Gasteiger partial charge in [0.1, 0.15) is 5.75 Å². The molecule has 25 heavy (non-hydrogen) atoms. The molecular formula is C21H27NO3. The van der Waals surface area contributed by atoms with Crippen LogP contribution < -0.4 is 4.74 Å². The second-order valence-corrected chi connectivity index (χ2v) is 8.29. The molecule has 3 fully saturated rings. The number of amides is 2. The lowest BCUT2D eigenvalue weighted by Gasteiger charge is -2.50. The van der Waals surface area contributed by atoms with Crippen LogP contribution in [0.5, 0.6) is 5.75 Å². The molecule has 3 atom stereocenters. The monoisotopic (exact) mass is 341 g/mol. The van der Waals surface area contributed by atoms with E-state index in [0.29, 0.717) is 24.8 Å². The Morgan fingerprint density at radius 1 is 1.20 bits per heavy atom. The standard InChI is InChI=1S/C21H27NO3/c1-14-6-9-18-20(24)22(13-15-7-8-15)19(23)12-21(18,11-14)16-4-3-5-17(10-16)25-2/h3-5,10,14-15,18H,6-9,11-13H2,1-2H3. The van der Waals surface area contributed by atoms with Crippen LogP contribution in [-0.4, -0.2) is 30.4 Å². The van der Waals surface area contributed by atoms with E-state index in [4.69, 9.17) is 4.74 Å². The Morgan fingerprint density at radius 2 is 2.00 bits per heavy atom. The van der Waals surface area contributed by atoms with Gasteiger partial charge in [-0.2, -0.15) is 0 Å². The lowest BCUT2D eigenvalue weighted by molar-refractivity contribution is -0.158. The number of ether oxygens (including phenoxy) is 1.